The van der Waals surface area contributed by atoms with Crippen molar-refractivity contribution >= 4 is 33.1 Å². The summed E-state index contributed by atoms with van der Waals surface area (Å²) in [6.45, 7) is 0. The fourth-order valence-electron chi connectivity index (χ4n) is 2.21. The Kier molecular flexibility index (Phi) is 6.23. The largest absolute Gasteiger partial charge is 0.481 e. The van der Waals surface area contributed by atoms with Crippen molar-refractivity contribution in [2.75, 3.05) is 17.6 Å². The number of aromatic nitrogens is 1. The van der Waals surface area contributed by atoms with Gasteiger partial charge in [0.05, 0.1) is 18.9 Å². The number of hydrogen-bond acceptors (Lipinski definition) is 6. The van der Waals surface area contributed by atoms with Crippen LogP contribution in [0.15, 0.2) is 24.3 Å². The summed E-state index contributed by atoms with van der Waals surface area (Å²) < 4.78 is 46.0. The molecule has 3 N–H and O–H groups in total. The van der Waals surface area contributed by atoms with Crippen molar-refractivity contribution in [1.82, 2.24) is 4.98 Å². The van der Waals surface area contributed by atoms with Gasteiger partial charge in [-0.1, -0.05) is 17.7 Å². The molecule has 2 rings (SSSR count). The Balaban J connectivity index is 2.27. The van der Waals surface area contributed by atoms with E-state index in [4.69, 9.17) is 27.3 Å². The standard InChI is InChI=1S/C16H16ClFN4O3S/c1-25-16-10(3-2-6-19)7-13(18)15(21-16)22-26(23,24)9-11-4-5-12(17)8-14(11)20/h4-5,7-8H,2-3,9,20H2,1H3,(H,21,22). The van der Waals surface area contributed by atoms with Gasteiger partial charge in [-0.25, -0.2) is 12.8 Å². The summed E-state index contributed by atoms with van der Waals surface area (Å²) in [5.41, 5.74) is 6.65. The SMILES string of the molecule is COc1nc(NS(=O)(=O)Cc2ccc(Cl)cc2N)c(F)cc1CCC#N. The normalized spacial score (nSPS) is 11.0. The van der Waals surface area contributed by atoms with E-state index in [0.29, 0.717) is 16.1 Å². The molecule has 1 aromatic heterocycles. The first-order chi connectivity index (χ1) is 12.3. The Morgan fingerprint density at radius 3 is 2.73 bits per heavy atom. The third-order valence-electron chi connectivity index (χ3n) is 3.42. The number of nitrogen functional groups attached to an aromatic ring is 1. The molecule has 0 bridgehead atoms. The van der Waals surface area contributed by atoms with E-state index in [1.165, 1.54) is 25.3 Å². The maximum absolute atomic E-state index is 14.2. The number of hydrogen-bond donors (Lipinski definition) is 2. The monoisotopic (exact) mass is 398 g/mol. The number of aryl methyl sites for hydroxylation is 1. The highest BCUT2D eigenvalue weighted by Crippen LogP contribution is 2.25. The minimum absolute atomic E-state index is 0.0466. The molecule has 0 atom stereocenters. The van der Waals surface area contributed by atoms with Crippen molar-refractivity contribution in [1.29, 1.82) is 5.26 Å². The minimum atomic E-state index is -3.98. The predicted octanol–water partition coefficient (Wildman–Crippen LogP) is 2.86. The summed E-state index contributed by atoms with van der Waals surface area (Å²) in [7, 11) is -2.66. The van der Waals surface area contributed by atoms with Gasteiger partial charge in [0.15, 0.2) is 11.6 Å². The number of sulfonamides is 1. The van der Waals surface area contributed by atoms with Gasteiger partial charge >= 0.3 is 0 Å². The molecule has 0 saturated heterocycles. The summed E-state index contributed by atoms with van der Waals surface area (Å²) in [4.78, 5) is 3.86. The number of nitriles is 1. The molecule has 0 unspecified atom stereocenters. The van der Waals surface area contributed by atoms with Crippen LogP contribution in [0.2, 0.25) is 5.02 Å². The van der Waals surface area contributed by atoms with E-state index in [1.54, 1.807) is 0 Å². The summed E-state index contributed by atoms with van der Waals surface area (Å²) >= 11 is 5.78. The average molecular weight is 399 g/mol. The van der Waals surface area contributed by atoms with Gasteiger partial charge in [-0.2, -0.15) is 10.2 Å². The second kappa shape index (κ2) is 8.21. The quantitative estimate of drug-likeness (QED) is 0.692. The topological polar surface area (TPSA) is 118 Å². The van der Waals surface area contributed by atoms with Crippen LogP contribution in [0.3, 0.4) is 0 Å². The number of ether oxygens (including phenoxy) is 1. The molecule has 1 heterocycles. The van der Waals surface area contributed by atoms with E-state index in [0.717, 1.165) is 6.07 Å². The van der Waals surface area contributed by atoms with Crippen molar-refractivity contribution in [3.8, 4) is 11.9 Å². The van der Waals surface area contributed by atoms with Crippen LogP contribution in [0.25, 0.3) is 0 Å². The van der Waals surface area contributed by atoms with Crippen LogP contribution in [0, 0.1) is 17.1 Å². The second-order valence-electron chi connectivity index (χ2n) is 5.35. The van der Waals surface area contributed by atoms with Crippen molar-refractivity contribution in [3.63, 3.8) is 0 Å². The maximum atomic E-state index is 14.2. The van der Waals surface area contributed by atoms with E-state index in [9.17, 15) is 12.8 Å². The Labute approximate surface area is 155 Å². The van der Waals surface area contributed by atoms with E-state index in [1.807, 2.05) is 6.07 Å². The van der Waals surface area contributed by atoms with Gasteiger partial charge in [0.2, 0.25) is 15.9 Å². The van der Waals surface area contributed by atoms with Crippen molar-refractivity contribution in [2.24, 2.45) is 0 Å². The first kappa shape index (κ1) is 19.8. The maximum Gasteiger partial charge on any atom is 0.238 e. The Morgan fingerprint density at radius 2 is 2.12 bits per heavy atom. The summed E-state index contributed by atoms with van der Waals surface area (Å²) in [6, 6.07) is 7.45. The van der Waals surface area contributed by atoms with Gasteiger partial charge in [-0.15, -0.1) is 0 Å². The molecular formula is C16H16ClFN4O3S. The molecule has 10 heteroatoms. The van der Waals surface area contributed by atoms with Crippen molar-refractivity contribution in [2.45, 2.75) is 18.6 Å². The fourth-order valence-corrected chi connectivity index (χ4v) is 3.58. The number of nitrogens with two attached hydrogens (primary N) is 1. The fraction of sp³-hybridized carbons (Fsp3) is 0.250. The zero-order chi connectivity index (χ0) is 19.3. The Morgan fingerprint density at radius 1 is 1.38 bits per heavy atom. The van der Waals surface area contributed by atoms with Gasteiger partial charge in [0.25, 0.3) is 0 Å². The van der Waals surface area contributed by atoms with Crippen LogP contribution < -0.4 is 15.2 Å². The Hall–Kier alpha value is -2.57. The summed E-state index contributed by atoms with van der Waals surface area (Å²) in [5.74, 6) is -1.79. The smallest absolute Gasteiger partial charge is 0.238 e. The van der Waals surface area contributed by atoms with Crippen LogP contribution in [-0.2, 0) is 22.2 Å². The van der Waals surface area contributed by atoms with Crippen LogP contribution in [0.4, 0.5) is 15.9 Å². The molecule has 1 aromatic carbocycles. The number of nitrogens with one attached hydrogen (secondary N) is 1. The molecule has 0 aliphatic rings. The van der Waals surface area contributed by atoms with Crippen LogP contribution in [0.1, 0.15) is 17.5 Å². The second-order valence-corrected chi connectivity index (χ2v) is 7.51. The predicted molar refractivity (Wildman–Crippen MR) is 96.8 cm³/mol. The van der Waals surface area contributed by atoms with Crippen LogP contribution in [0.5, 0.6) is 5.88 Å². The lowest BCUT2D eigenvalue weighted by molar-refractivity contribution is 0.391. The highest BCUT2D eigenvalue weighted by Gasteiger charge is 2.19. The van der Waals surface area contributed by atoms with Gasteiger partial charge < -0.3 is 10.5 Å². The van der Waals surface area contributed by atoms with E-state index < -0.39 is 27.4 Å². The minimum Gasteiger partial charge on any atom is -0.481 e. The molecule has 7 nitrogen and oxygen atoms in total. The average Bonchev–Trinajstić information content (AvgIpc) is 2.57. The number of benzene rings is 1. The van der Waals surface area contributed by atoms with Gasteiger partial charge in [0, 0.05) is 22.7 Å². The van der Waals surface area contributed by atoms with Crippen molar-refractivity contribution < 1.29 is 17.5 Å². The van der Waals surface area contributed by atoms with Crippen LogP contribution in [-0.4, -0.2) is 20.5 Å². The number of anilines is 2. The molecule has 0 aliphatic carbocycles. The molecule has 0 radical (unpaired) electrons. The van der Waals surface area contributed by atoms with Crippen LogP contribution >= 0.6 is 11.6 Å². The molecular weight excluding hydrogens is 383 g/mol. The molecule has 0 fully saturated rings. The highest BCUT2D eigenvalue weighted by molar-refractivity contribution is 7.91. The molecule has 138 valence electrons. The number of pyridine rings is 1. The summed E-state index contributed by atoms with van der Waals surface area (Å²) in [5, 5.41) is 9.01. The lowest BCUT2D eigenvalue weighted by Crippen LogP contribution is -2.18. The number of halogens is 2. The first-order valence-electron chi connectivity index (χ1n) is 7.40. The van der Waals surface area contributed by atoms with E-state index in [-0.39, 0.29) is 24.4 Å². The van der Waals surface area contributed by atoms with E-state index in [2.05, 4.69) is 9.71 Å². The lowest BCUT2D eigenvalue weighted by Gasteiger charge is -2.13. The number of rotatable bonds is 7. The molecule has 26 heavy (non-hydrogen) atoms. The summed E-state index contributed by atoms with van der Waals surface area (Å²) in [6.07, 6.45) is 0.385. The first-order valence-corrected chi connectivity index (χ1v) is 9.43. The Bertz CT molecular complexity index is 961. The highest BCUT2D eigenvalue weighted by atomic mass is 35.5. The lowest BCUT2D eigenvalue weighted by atomic mass is 10.1. The molecule has 0 saturated carbocycles. The molecule has 2 aromatic rings. The van der Waals surface area contributed by atoms with Gasteiger partial charge in [-0.3, -0.25) is 4.72 Å². The zero-order valence-corrected chi connectivity index (χ0v) is 15.4. The molecule has 0 spiro atoms. The van der Waals surface area contributed by atoms with E-state index >= 15 is 0 Å². The molecule has 0 amide bonds. The van der Waals surface area contributed by atoms with Gasteiger partial charge in [0.1, 0.15) is 0 Å². The number of nitrogens with zero attached hydrogens (tertiary/aromatic N) is 2. The molecule has 0 aliphatic heterocycles. The van der Waals surface area contributed by atoms with Crippen molar-refractivity contribution in [3.05, 3.63) is 46.2 Å². The zero-order valence-electron chi connectivity index (χ0n) is 13.8. The number of methoxy groups -OCH3 is 1. The van der Waals surface area contributed by atoms with Gasteiger partial charge in [-0.05, 0) is 30.2 Å². The third-order valence-corrected chi connectivity index (χ3v) is 4.85. The third kappa shape index (κ3) is 4.97.